The zero-order valence-electron chi connectivity index (χ0n) is 29.4. The first-order valence-corrected chi connectivity index (χ1v) is 18.8. The van der Waals surface area contributed by atoms with Gasteiger partial charge in [-0.05, 0) is 85.2 Å². The number of nitrogens with one attached hydrogen (secondary N) is 3. The third kappa shape index (κ3) is 9.89. The van der Waals surface area contributed by atoms with Crippen LogP contribution < -0.4 is 16.3 Å². The number of hydroxylamine groups is 4. The quantitative estimate of drug-likeness (QED) is 0.191. The van der Waals surface area contributed by atoms with Crippen LogP contribution in [0.4, 0.5) is 14.4 Å². The number of carbonyl (C=O) groups excluding carboxylic acids is 5. The molecule has 6 fully saturated rings. The number of likely N-dealkylation sites (tertiary alicyclic amines) is 1. The molecule has 20 nitrogen and oxygen atoms in total. The van der Waals surface area contributed by atoms with Gasteiger partial charge in [-0.2, -0.15) is 13.5 Å². The Bertz CT molecular complexity index is 1420. The molecule has 6 heterocycles. The summed E-state index contributed by atoms with van der Waals surface area (Å²) in [6.45, 7) is 8.95. The van der Waals surface area contributed by atoms with Gasteiger partial charge in [0.2, 0.25) is 0 Å². The van der Waals surface area contributed by atoms with Crippen LogP contribution in [0.3, 0.4) is 0 Å². The second-order valence-corrected chi connectivity index (χ2v) is 15.6. The lowest BCUT2D eigenvalue weighted by Crippen LogP contribution is -2.51. The summed E-state index contributed by atoms with van der Waals surface area (Å²) in [5.74, 6) is -0.722. The summed E-state index contributed by atoms with van der Waals surface area (Å²) in [4.78, 5) is 78.4. The highest BCUT2D eigenvalue weighted by Gasteiger charge is 2.50. The SMILES string of the molecule is CN1C(=O)N2C[C@H]1CC[C@H]2C(=O)NOC1CCN(C(=O)OC(C)(C)C)CC1.O=C(NOC1CCNCC1)[C@@H]1CC[C@@H]2CN1C(=O)N2OS(=O)(=O)O. The molecule has 0 aromatic rings. The van der Waals surface area contributed by atoms with Crippen molar-refractivity contribution in [1.82, 2.24) is 40.9 Å². The van der Waals surface area contributed by atoms with Crippen LogP contribution in [0, 0.1) is 0 Å². The summed E-state index contributed by atoms with van der Waals surface area (Å²) in [6, 6.07) is -2.40. The first-order valence-electron chi connectivity index (χ1n) is 17.4. The number of carbonyl (C=O) groups is 5. The van der Waals surface area contributed by atoms with Crippen LogP contribution in [0.25, 0.3) is 0 Å². The molecule has 21 heteroatoms. The number of rotatable bonds is 8. The fourth-order valence-corrected chi connectivity index (χ4v) is 7.42. The zero-order chi connectivity index (χ0) is 37.1. The fraction of sp³-hybridized carbons (Fsp3) is 0.833. The monoisotopic (exact) mass is 746 g/mol. The number of ether oxygens (including phenoxy) is 1. The number of nitrogens with zero attached hydrogens (tertiary/aromatic N) is 5. The highest BCUT2D eigenvalue weighted by molar-refractivity contribution is 7.80. The van der Waals surface area contributed by atoms with Gasteiger partial charge in [0, 0.05) is 33.2 Å². The fourth-order valence-electron chi connectivity index (χ4n) is 7.03. The minimum absolute atomic E-state index is 0.0693. The Morgan fingerprint density at radius 1 is 0.784 bits per heavy atom. The number of fused-ring (bicyclic) bond motifs is 4. The first kappa shape index (κ1) is 38.7. The van der Waals surface area contributed by atoms with E-state index >= 15 is 0 Å². The summed E-state index contributed by atoms with van der Waals surface area (Å²) in [5, 5.41) is 3.79. The van der Waals surface area contributed by atoms with Crippen LogP contribution >= 0.6 is 0 Å². The van der Waals surface area contributed by atoms with E-state index in [2.05, 4.69) is 20.6 Å². The Labute approximate surface area is 297 Å². The van der Waals surface area contributed by atoms with Crippen LogP contribution in [0.2, 0.25) is 0 Å². The van der Waals surface area contributed by atoms with Gasteiger partial charge in [0.1, 0.15) is 17.7 Å². The second-order valence-electron chi connectivity index (χ2n) is 14.6. The molecule has 0 aliphatic carbocycles. The van der Waals surface area contributed by atoms with Crippen LogP contribution in [0.1, 0.15) is 72.1 Å². The van der Waals surface area contributed by atoms with E-state index < -0.39 is 46.1 Å². The maximum absolute atomic E-state index is 12.5. The molecular formula is C30H50N8O12S. The molecule has 51 heavy (non-hydrogen) atoms. The molecule has 4 atom stereocenters. The van der Waals surface area contributed by atoms with Crippen molar-refractivity contribution in [2.24, 2.45) is 0 Å². The minimum atomic E-state index is -4.79. The van der Waals surface area contributed by atoms with Crippen molar-refractivity contribution >= 4 is 40.4 Å². The first-order chi connectivity index (χ1) is 24.0. The minimum Gasteiger partial charge on any atom is -0.444 e. The number of piperidine rings is 4. The van der Waals surface area contributed by atoms with Gasteiger partial charge < -0.3 is 29.7 Å². The third-order valence-corrected chi connectivity index (χ3v) is 10.1. The molecule has 0 aromatic heterocycles. The standard InChI is InChI=1S/C18H30N4O5.C12H20N4O7S/c1-18(2,3)26-17(25)21-9-7-13(8-10-21)27-19-15(23)14-6-5-12-11-22(14)16(24)20(12)4;17-11(14-22-9-3-5-13-6-4-9)10-2-1-8-7-15(10)12(18)16(8)23-24(19,20)21/h12-14H,5-11H2,1-4H3,(H,19,23);8-10,13H,1-7H2,(H,14,17)(H,19,20,21)/t12-,14+;8-,10+/m11/s1. The summed E-state index contributed by atoms with van der Waals surface area (Å²) in [6.07, 6.45) is 4.47. The van der Waals surface area contributed by atoms with Crippen molar-refractivity contribution in [2.75, 3.05) is 46.3 Å². The van der Waals surface area contributed by atoms with E-state index in [0.717, 1.165) is 32.4 Å². The molecule has 6 aliphatic rings. The Morgan fingerprint density at radius 3 is 1.84 bits per heavy atom. The van der Waals surface area contributed by atoms with Gasteiger partial charge in [-0.25, -0.2) is 25.3 Å². The van der Waals surface area contributed by atoms with Gasteiger partial charge in [-0.1, -0.05) is 0 Å². The lowest BCUT2D eigenvalue weighted by atomic mass is 10.0. The Hall–Kier alpha value is -3.50. The maximum Gasteiger partial charge on any atom is 0.418 e. The second kappa shape index (κ2) is 16.0. The molecule has 0 radical (unpaired) electrons. The molecule has 7 amide bonds. The van der Waals surface area contributed by atoms with Gasteiger partial charge in [0.05, 0.1) is 24.3 Å². The topological polar surface area (TPSA) is 229 Å². The predicted octanol–water partition coefficient (Wildman–Crippen LogP) is 0.121. The molecule has 6 aliphatic heterocycles. The van der Waals surface area contributed by atoms with Crippen LogP contribution in [0.15, 0.2) is 0 Å². The highest BCUT2D eigenvalue weighted by atomic mass is 32.3. The molecule has 4 bridgehead atoms. The van der Waals surface area contributed by atoms with Crippen LogP contribution in [0.5, 0.6) is 0 Å². The predicted molar refractivity (Wildman–Crippen MR) is 175 cm³/mol. The van der Waals surface area contributed by atoms with Gasteiger partial charge in [-0.3, -0.25) is 23.8 Å². The molecule has 0 aromatic carbocycles. The third-order valence-electron chi connectivity index (χ3n) is 9.79. The molecule has 6 saturated heterocycles. The van der Waals surface area contributed by atoms with E-state index in [-0.39, 0.29) is 42.8 Å². The normalized spacial score (nSPS) is 27.3. The van der Waals surface area contributed by atoms with E-state index in [1.54, 1.807) is 21.7 Å². The summed E-state index contributed by atoms with van der Waals surface area (Å²) in [5.41, 5.74) is 4.42. The summed E-state index contributed by atoms with van der Waals surface area (Å²) >= 11 is 0. The summed E-state index contributed by atoms with van der Waals surface area (Å²) < 4.78 is 40.1. The van der Waals surface area contributed by atoms with Crippen molar-refractivity contribution in [1.29, 1.82) is 0 Å². The Kier molecular flexibility index (Phi) is 12.2. The Morgan fingerprint density at radius 2 is 1.29 bits per heavy atom. The van der Waals surface area contributed by atoms with Gasteiger partial charge in [-0.15, -0.1) is 4.28 Å². The van der Waals surface area contributed by atoms with E-state index in [1.807, 2.05) is 20.8 Å². The van der Waals surface area contributed by atoms with Crippen LogP contribution in [-0.4, -0.2) is 156 Å². The number of likely N-dealkylation sites (N-methyl/N-ethyl adjacent to an activating group) is 1. The lowest BCUT2D eigenvalue weighted by Gasteiger charge is -2.34. The average molecular weight is 747 g/mol. The highest BCUT2D eigenvalue weighted by Crippen LogP contribution is 2.31. The summed E-state index contributed by atoms with van der Waals surface area (Å²) in [7, 11) is -3.01. The average Bonchev–Trinajstić information content (AvgIpc) is 3.44. The smallest absolute Gasteiger partial charge is 0.418 e. The van der Waals surface area contributed by atoms with Crippen molar-refractivity contribution in [3.63, 3.8) is 0 Å². The van der Waals surface area contributed by atoms with Crippen molar-refractivity contribution < 1.29 is 55.6 Å². The largest absolute Gasteiger partial charge is 0.444 e. The van der Waals surface area contributed by atoms with E-state index in [9.17, 15) is 32.4 Å². The van der Waals surface area contributed by atoms with Crippen molar-refractivity contribution in [3.8, 4) is 0 Å². The Balaban J connectivity index is 0.000000199. The van der Waals surface area contributed by atoms with Crippen molar-refractivity contribution in [3.05, 3.63) is 0 Å². The molecule has 0 unspecified atom stereocenters. The maximum atomic E-state index is 12.5. The molecule has 4 N–H and O–H groups in total. The van der Waals surface area contributed by atoms with Crippen molar-refractivity contribution in [2.45, 2.75) is 114 Å². The lowest BCUT2D eigenvalue weighted by molar-refractivity contribution is -0.146. The molecule has 288 valence electrons. The van der Waals surface area contributed by atoms with E-state index in [4.69, 9.17) is 19.0 Å². The van der Waals surface area contributed by atoms with E-state index in [1.165, 1.54) is 4.90 Å². The number of hydrogen-bond donors (Lipinski definition) is 4. The van der Waals surface area contributed by atoms with Crippen LogP contribution in [-0.2, 0) is 38.7 Å². The zero-order valence-corrected chi connectivity index (χ0v) is 30.3. The molecule has 0 spiro atoms. The number of amides is 7. The number of urea groups is 2. The van der Waals surface area contributed by atoms with Gasteiger partial charge in [0.25, 0.3) is 11.8 Å². The molecule has 0 saturated carbocycles. The van der Waals surface area contributed by atoms with E-state index in [0.29, 0.717) is 56.8 Å². The van der Waals surface area contributed by atoms with Gasteiger partial charge in [0.15, 0.2) is 0 Å². The molecule has 6 rings (SSSR count). The molecular weight excluding hydrogens is 696 g/mol. The van der Waals surface area contributed by atoms with Gasteiger partial charge >= 0.3 is 28.6 Å². The number of hydrogen-bond acceptors (Lipinski definition) is 12.